The normalized spacial score (nSPS) is 19.7. The molecule has 2 aliphatic heterocycles. The lowest BCUT2D eigenvalue weighted by molar-refractivity contribution is -0.151. The first kappa shape index (κ1) is 19.6. The second-order valence-electron chi connectivity index (χ2n) is 7.70. The lowest BCUT2D eigenvalue weighted by Gasteiger charge is -2.31. The molecule has 0 radical (unpaired) electrons. The van der Waals surface area contributed by atoms with Gasteiger partial charge in [-0.1, -0.05) is 0 Å². The van der Waals surface area contributed by atoms with Gasteiger partial charge in [0, 0.05) is 39.0 Å². The van der Waals surface area contributed by atoms with E-state index < -0.39 is 0 Å². The smallest absolute Gasteiger partial charge is 0.310 e. The van der Waals surface area contributed by atoms with Gasteiger partial charge in [0.05, 0.1) is 12.5 Å². The molecule has 2 saturated heterocycles. The van der Waals surface area contributed by atoms with E-state index in [-0.39, 0.29) is 17.8 Å². The number of likely N-dealkylation sites (tertiary alicyclic amines) is 1. The van der Waals surface area contributed by atoms with Crippen LogP contribution in [0.1, 0.15) is 44.9 Å². The number of nitrogens with zero attached hydrogens (tertiary/aromatic N) is 6. The summed E-state index contributed by atoms with van der Waals surface area (Å²) in [5.41, 5.74) is 0.691. The van der Waals surface area contributed by atoms with Crippen LogP contribution in [0.25, 0.3) is 5.65 Å². The summed E-state index contributed by atoms with van der Waals surface area (Å²) in [6, 6.07) is 3.90. The first-order valence-electron chi connectivity index (χ1n) is 10.6. The van der Waals surface area contributed by atoms with Crippen LogP contribution in [0.4, 0.5) is 5.82 Å². The van der Waals surface area contributed by atoms with Crippen LogP contribution in [0.2, 0.25) is 0 Å². The first-order chi connectivity index (χ1) is 14.2. The minimum absolute atomic E-state index is 0.0337. The second kappa shape index (κ2) is 8.75. The minimum Gasteiger partial charge on any atom is -0.466 e. The quantitative estimate of drug-likeness (QED) is 0.678. The average Bonchev–Trinajstić information content (AvgIpc) is 3.42. The molecule has 29 heavy (non-hydrogen) atoms. The Hall–Kier alpha value is -2.71. The summed E-state index contributed by atoms with van der Waals surface area (Å²) in [6.45, 7) is 5.34. The molecular formula is C20H28N6O3. The lowest BCUT2D eigenvalue weighted by Crippen LogP contribution is -2.42. The zero-order valence-corrected chi connectivity index (χ0v) is 16.9. The van der Waals surface area contributed by atoms with Gasteiger partial charge in [0.15, 0.2) is 11.5 Å². The molecule has 0 aliphatic carbocycles. The van der Waals surface area contributed by atoms with Crippen LogP contribution in [0.5, 0.6) is 0 Å². The van der Waals surface area contributed by atoms with Crippen LogP contribution >= 0.6 is 0 Å². The Bertz CT molecular complexity index is 876. The molecule has 9 nitrogen and oxygen atoms in total. The highest BCUT2D eigenvalue weighted by Crippen LogP contribution is 2.20. The van der Waals surface area contributed by atoms with Crippen LogP contribution in [-0.2, 0) is 20.7 Å². The zero-order valence-electron chi connectivity index (χ0n) is 16.9. The number of esters is 1. The Morgan fingerprint density at radius 2 is 1.97 bits per heavy atom. The Balaban J connectivity index is 1.39. The van der Waals surface area contributed by atoms with Crippen molar-refractivity contribution in [3.05, 3.63) is 18.0 Å². The molecule has 4 rings (SSSR count). The van der Waals surface area contributed by atoms with Crippen LogP contribution in [0.15, 0.2) is 12.1 Å². The van der Waals surface area contributed by atoms with Gasteiger partial charge in [-0.05, 0) is 44.7 Å². The Kier molecular flexibility index (Phi) is 5.92. The molecule has 2 aromatic heterocycles. The minimum atomic E-state index is -0.216. The maximum absolute atomic E-state index is 12.7. The summed E-state index contributed by atoms with van der Waals surface area (Å²) in [4.78, 5) is 28.8. The monoisotopic (exact) mass is 400 g/mol. The molecule has 4 heterocycles. The molecule has 0 spiro atoms. The SMILES string of the molecule is CCOC(=O)[C@H]1CCCN(C(=O)CCc2nnc3ccc(N4CCCC4)nn23)C1. The van der Waals surface area contributed by atoms with Crippen molar-refractivity contribution in [3.8, 4) is 0 Å². The van der Waals surface area contributed by atoms with Crippen molar-refractivity contribution in [2.45, 2.75) is 45.4 Å². The van der Waals surface area contributed by atoms with E-state index in [9.17, 15) is 9.59 Å². The van der Waals surface area contributed by atoms with Crippen molar-refractivity contribution >= 4 is 23.3 Å². The molecule has 0 unspecified atom stereocenters. The summed E-state index contributed by atoms with van der Waals surface area (Å²) >= 11 is 0. The fourth-order valence-electron chi connectivity index (χ4n) is 4.13. The Morgan fingerprint density at radius 1 is 1.14 bits per heavy atom. The molecule has 156 valence electrons. The molecule has 0 saturated carbocycles. The van der Waals surface area contributed by atoms with E-state index in [4.69, 9.17) is 9.84 Å². The Labute approximate surface area is 170 Å². The second-order valence-corrected chi connectivity index (χ2v) is 7.70. The van der Waals surface area contributed by atoms with Crippen molar-refractivity contribution in [2.24, 2.45) is 5.92 Å². The standard InChI is InChI=1S/C20H28N6O3/c1-2-29-20(28)15-6-5-13-25(14-15)19(27)10-9-17-22-21-16-7-8-18(23-26(16)17)24-11-3-4-12-24/h7-8,15H,2-6,9-14H2,1H3/t15-/m0/s1. The van der Waals surface area contributed by atoms with Gasteiger partial charge in [-0.2, -0.15) is 4.52 Å². The number of carbonyl (C=O) groups excluding carboxylic acids is 2. The average molecular weight is 400 g/mol. The number of rotatable bonds is 6. The van der Waals surface area contributed by atoms with Crippen LogP contribution in [-0.4, -0.2) is 69.4 Å². The van der Waals surface area contributed by atoms with Crippen molar-refractivity contribution in [1.82, 2.24) is 24.7 Å². The maximum Gasteiger partial charge on any atom is 0.310 e. The highest BCUT2D eigenvalue weighted by molar-refractivity contribution is 5.78. The van der Waals surface area contributed by atoms with Gasteiger partial charge < -0.3 is 14.5 Å². The number of piperidine rings is 1. The van der Waals surface area contributed by atoms with E-state index in [1.54, 1.807) is 16.3 Å². The Morgan fingerprint density at radius 3 is 2.76 bits per heavy atom. The summed E-state index contributed by atoms with van der Waals surface area (Å²) in [6.07, 6.45) is 4.77. The van der Waals surface area contributed by atoms with Crippen molar-refractivity contribution in [1.29, 1.82) is 0 Å². The number of carbonyl (C=O) groups is 2. The molecular weight excluding hydrogens is 372 g/mol. The third-order valence-electron chi connectivity index (χ3n) is 5.70. The number of hydrogen-bond donors (Lipinski definition) is 0. The number of amides is 1. The largest absolute Gasteiger partial charge is 0.466 e. The number of aryl methyl sites for hydroxylation is 1. The van der Waals surface area contributed by atoms with Gasteiger partial charge in [-0.15, -0.1) is 15.3 Å². The van der Waals surface area contributed by atoms with Gasteiger partial charge in [-0.3, -0.25) is 9.59 Å². The van der Waals surface area contributed by atoms with E-state index in [1.807, 2.05) is 12.1 Å². The molecule has 9 heteroatoms. The number of anilines is 1. The third kappa shape index (κ3) is 4.33. The number of ether oxygens (including phenoxy) is 1. The van der Waals surface area contributed by atoms with Crippen LogP contribution < -0.4 is 4.90 Å². The summed E-state index contributed by atoms with van der Waals surface area (Å²) in [5, 5.41) is 13.1. The first-order valence-corrected chi connectivity index (χ1v) is 10.6. The topological polar surface area (TPSA) is 92.9 Å². The van der Waals surface area contributed by atoms with E-state index in [1.165, 1.54) is 12.8 Å². The van der Waals surface area contributed by atoms with Gasteiger partial charge >= 0.3 is 5.97 Å². The maximum atomic E-state index is 12.7. The van der Waals surface area contributed by atoms with E-state index >= 15 is 0 Å². The third-order valence-corrected chi connectivity index (χ3v) is 5.70. The van der Waals surface area contributed by atoms with Crippen LogP contribution in [0, 0.1) is 5.92 Å². The molecule has 2 aromatic rings. The predicted molar refractivity (Wildman–Crippen MR) is 106 cm³/mol. The fraction of sp³-hybridized carbons (Fsp3) is 0.650. The lowest BCUT2D eigenvalue weighted by atomic mass is 9.98. The van der Waals surface area contributed by atoms with Crippen molar-refractivity contribution in [2.75, 3.05) is 37.7 Å². The van der Waals surface area contributed by atoms with E-state index in [2.05, 4.69) is 15.1 Å². The van der Waals surface area contributed by atoms with E-state index in [0.29, 0.717) is 44.0 Å². The van der Waals surface area contributed by atoms with Crippen LogP contribution in [0.3, 0.4) is 0 Å². The van der Waals surface area contributed by atoms with Gasteiger partial charge in [0.25, 0.3) is 0 Å². The van der Waals surface area contributed by atoms with Gasteiger partial charge in [0.2, 0.25) is 5.91 Å². The molecule has 2 aliphatic rings. The van der Waals surface area contributed by atoms with Gasteiger partial charge in [-0.25, -0.2) is 0 Å². The fourth-order valence-corrected chi connectivity index (χ4v) is 4.13. The molecule has 1 atom stereocenters. The van der Waals surface area contributed by atoms with Crippen molar-refractivity contribution in [3.63, 3.8) is 0 Å². The number of aromatic nitrogens is 4. The molecule has 1 amide bonds. The molecule has 2 fully saturated rings. The summed E-state index contributed by atoms with van der Waals surface area (Å²) in [7, 11) is 0. The summed E-state index contributed by atoms with van der Waals surface area (Å²) in [5.74, 6) is 1.23. The molecule has 0 aromatic carbocycles. The number of hydrogen-bond acceptors (Lipinski definition) is 7. The predicted octanol–water partition coefficient (Wildman–Crippen LogP) is 1.46. The van der Waals surface area contributed by atoms with Crippen molar-refractivity contribution < 1.29 is 14.3 Å². The molecule has 0 N–H and O–H groups in total. The zero-order chi connectivity index (χ0) is 20.2. The van der Waals surface area contributed by atoms with E-state index in [0.717, 1.165) is 31.7 Å². The van der Waals surface area contributed by atoms with Gasteiger partial charge in [0.1, 0.15) is 5.82 Å². The highest BCUT2D eigenvalue weighted by atomic mass is 16.5. The number of fused-ring (bicyclic) bond motifs is 1. The summed E-state index contributed by atoms with van der Waals surface area (Å²) < 4.78 is 6.87. The highest BCUT2D eigenvalue weighted by Gasteiger charge is 2.29. The molecule has 0 bridgehead atoms.